The summed E-state index contributed by atoms with van der Waals surface area (Å²) in [5.74, 6) is -0.0498. The number of nitrogens with zero attached hydrogens (tertiary/aromatic N) is 1. The fourth-order valence-electron chi connectivity index (χ4n) is 2.57. The highest BCUT2D eigenvalue weighted by Crippen LogP contribution is 2.08. The van der Waals surface area contributed by atoms with Crippen molar-refractivity contribution in [2.24, 2.45) is 0 Å². The van der Waals surface area contributed by atoms with Gasteiger partial charge in [-0.2, -0.15) is 0 Å². The molecule has 150 valence electrons. The summed E-state index contributed by atoms with van der Waals surface area (Å²) < 4.78 is 6.66. The number of hydrogen-bond acceptors (Lipinski definition) is 2. The minimum absolute atomic E-state index is 0. The second-order valence-corrected chi connectivity index (χ2v) is 7.56. The normalized spacial score (nSPS) is 11.0. The van der Waals surface area contributed by atoms with Crippen LogP contribution in [0.4, 0.5) is 0 Å². The molecule has 0 saturated carbocycles. The van der Waals surface area contributed by atoms with Crippen LogP contribution in [0.15, 0.2) is 12.2 Å². The van der Waals surface area contributed by atoms with Gasteiger partial charge in [-0.25, -0.2) is 0 Å². The largest absolute Gasteiger partial charge is 1.00 e. The molecule has 0 saturated heterocycles. The summed E-state index contributed by atoms with van der Waals surface area (Å²) in [5.41, 5.74) is 0.567. The molecule has 0 aromatic rings. The van der Waals surface area contributed by atoms with Crippen LogP contribution >= 0.6 is 0 Å². The van der Waals surface area contributed by atoms with Crippen molar-refractivity contribution in [1.82, 2.24) is 5.32 Å². The van der Waals surface area contributed by atoms with Crippen LogP contribution in [-0.2, 0) is 9.53 Å². The summed E-state index contributed by atoms with van der Waals surface area (Å²) in [6.07, 6.45) is 11.6. The Labute approximate surface area is 162 Å². The number of carbonyl (C=O) groups excluding carboxylic acids is 1. The Hall–Kier alpha value is -0.580. The van der Waals surface area contributed by atoms with Crippen LogP contribution in [0.1, 0.15) is 71.6 Å². The predicted octanol–water partition coefficient (Wildman–Crippen LogP) is 1.26. The quantitative estimate of drug-likeness (QED) is 0.191. The number of amides is 1. The lowest BCUT2D eigenvalue weighted by Gasteiger charge is -2.29. The number of carbonyl (C=O) groups is 1. The first-order chi connectivity index (χ1) is 11.4. The van der Waals surface area contributed by atoms with Crippen molar-refractivity contribution in [3.8, 4) is 0 Å². The monoisotopic (exact) mass is 376 g/mol. The van der Waals surface area contributed by atoms with E-state index in [1.165, 1.54) is 51.4 Å². The number of ether oxygens (including phenoxy) is 1. The first-order valence-corrected chi connectivity index (χ1v) is 9.72. The summed E-state index contributed by atoms with van der Waals surface area (Å²) in [6, 6.07) is 0. The summed E-state index contributed by atoms with van der Waals surface area (Å²) in [7, 11) is 4.35. The van der Waals surface area contributed by atoms with Crippen LogP contribution in [-0.4, -0.2) is 50.9 Å². The Morgan fingerprint density at radius 2 is 1.56 bits per heavy atom. The summed E-state index contributed by atoms with van der Waals surface area (Å²) >= 11 is 0. The standard InChI is InChI=1S/C20H40N2O2.ClH/c1-6-7-8-9-10-11-12-13-17-24-18-22(4,5)16-14-15-21-20(23)19(2)3;/h2,6-18H2,1,3-5H3;1H. The van der Waals surface area contributed by atoms with Crippen LogP contribution in [0.2, 0.25) is 0 Å². The average Bonchev–Trinajstić information content (AvgIpc) is 2.53. The van der Waals surface area contributed by atoms with Gasteiger partial charge in [0.2, 0.25) is 5.91 Å². The molecule has 0 rings (SSSR count). The molecular weight excluding hydrogens is 336 g/mol. The molecule has 0 radical (unpaired) electrons. The number of halogens is 1. The molecular formula is C20H41ClN2O2. The number of rotatable bonds is 16. The molecule has 4 nitrogen and oxygen atoms in total. The van der Waals surface area contributed by atoms with Crippen molar-refractivity contribution in [3.05, 3.63) is 12.2 Å². The molecule has 5 heteroatoms. The van der Waals surface area contributed by atoms with E-state index in [1.54, 1.807) is 6.92 Å². The van der Waals surface area contributed by atoms with Gasteiger partial charge in [0, 0.05) is 18.5 Å². The van der Waals surface area contributed by atoms with Gasteiger partial charge in [0.25, 0.3) is 0 Å². The smallest absolute Gasteiger partial charge is 0.246 e. The van der Waals surface area contributed by atoms with Crippen LogP contribution in [0.3, 0.4) is 0 Å². The van der Waals surface area contributed by atoms with E-state index in [-0.39, 0.29) is 18.3 Å². The molecule has 25 heavy (non-hydrogen) atoms. The molecule has 0 aliphatic carbocycles. The fraction of sp³-hybridized carbons (Fsp3) is 0.850. The summed E-state index contributed by atoms with van der Waals surface area (Å²) in [4.78, 5) is 11.4. The van der Waals surface area contributed by atoms with Gasteiger partial charge < -0.3 is 26.9 Å². The second-order valence-electron chi connectivity index (χ2n) is 7.56. The lowest BCUT2D eigenvalue weighted by Crippen LogP contribution is -3.00. The Morgan fingerprint density at radius 3 is 2.12 bits per heavy atom. The highest BCUT2D eigenvalue weighted by Gasteiger charge is 2.14. The van der Waals surface area contributed by atoms with Gasteiger partial charge in [-0.15, -0.1) is 0 Å². The van der Waals surface area contributed by atoms with Gasteiger partial charge >= 0.3 is 0 Å². The van der Waals surface area contributed by atoms with E-state index in [1.807, 2.05) is 0 Å². The lowest BCUT2D eigenvalue weighted by molar-refractivity contribution is -0.909. The maximum absolute atomic E-state index is 11.4. The van der Waals surface area contributed by atoms with Crippen molar-refractivity contribution in [3.63, 3.8) is 0 Å². The van der Waals surface area contributed by atoms with E-state index in [0.717, 1.165) is 30.8 Å². The average molecular weight is 377 g/mol. The van der Waals surface area contributed by atoms with E-state index in [2.05, 4.69) is 32.9 Å². The van der Waals surface area contributed by atoms with Crippen molar-refractivity contribution in [1.29, 1.82) is 0 Å². The number of unbranched alkanes of at least 4 members (excludes halogenated alkanes) is 7. The third kappa shape index (κ3) is 18.0. The van der Waals surface area contributed by atoms with Crippen LogP contribution in [0.5, 0.6) is 0 Å². The first kappa shape index (κ1) is 26.6. The van der Waals surface area contributed by atoms with Gasteiger partial charge in [0.1, 0.15) is 0 Å². The molecule has 0 fully saturated rings. The fourth-order valence-corrected chi connectivity index (χ4v) is 2.57. The van der Waals surface area contributed by atoms with Gasteiger partial charge in [0.15, 0.2) is 6.73 Å². The third-order valence-electron chi connectivity index (χ3n) is 4.20. The predicted molar refractivity (Wildman–Crippen MR) is 103 cm³/mol. The number of nitrogens with one attached hydrogen (secondary N) is 1. The number of hydrogen-bond donors (Lipinski definition) is 1. The molecule has 0 heterocycles. The van der Waals surface area contributed by atoms with Gasteiger partial charge in [0.05, 0.1) is 27.2 Å². The number of quaternary nitrogens is 1. The molecule has 0 aromatic heterocycles. The zero-order chi connectivity index (χ0) is 18.3. The Bertz CT molecular complexity index is 347. The topological polar surface area (TPSA) is 38.3 Å². The van der Waals surface area contributed by atoms with Gasteiger partial charge in [-0.3, -0.25) is 4.79 Å². The van der Waals surface area contributed by atoms with E-state index < -0.39 is 0 Å². The van der Waals surface area contributed by atoms with Crippen LogP contribution in [0.25, 0.3) is 0 Å². The van der Waals surface area contributed by atoms with Gasteiger partial charge in [-0.1, -0.05) is 58.4 Å². The van der Waals surface area contributed by atoms with Gasteiger partial charge in [-0.05, 0) is 13.3 Å². The van der Waals surface area contributed by atoms with Crippen molar-refractivity contribution < 1.29 is 26.4 Å². The lowest BCUT2D eigenvalue weighted by atomic mass is 10.1. The summed E-state index contributed by atoms with van der Waals surface area (Å²) in [5, 5.41) is 2.87. The minimum atomic E-state index is -0.0498. The zero-order valence-corrected chi connectivity index (χ0v) is 17.8. The van der Waals surface area contributed by atoms with E-state index >= 15 is 0 Å². The van der Waals surface area contributed by atoms with E-state index in [0.29, 0.717) is 12.1 Å². The van der Waals surface area contributed by atoms with E-state index in [9.17, 15) is 4.79 Å². The molecule has 0 aromatic carbocycles. The Morgan fingerprint density at radius 1 is 1.00 bits per heavy atom. The van der Waals surface area contributed by atoms with Crippen LogP contribution < -0.4 is 17.7 Å². The molecule has 1 amide bonds. The molecule has 0 bridgehead atoms. The molecule has 0 aliphatic heterocycles. The van der Waals surface area contributed by atoms with Crippen LogP contribution in [0, 0.1) is 0 Å². The SMILES string of the molecule is C=C(C)C(=O)NCCC[N+](C)(C)COCCCCCCCCCC.[Cl-]. The zero-order valence-electron chi connectivity index (χ0n) is 17.0. The molecule has 0 atom stereocenters. The van der Waals surface area contributed by atoms with Crippen molar-refractivity contribution in [2.45, 2.75) is 71.6 Å². The van der Waals surface area contributed by atoms with Crippen molar-refractivity contribution >= 4 is 5.91 Å². The molecule has 0 unspecified atom stereocenters. The molecule has 1 N–H and O–H groups in total. The Kier molecular flexibility index (Phi) is 18.0. The Balaban J connectivity index is 0. The first-order valence-electron chi connectivity index (χ1n) is 9.72. The maximum atomic E-state index is 11.4. The maximum Gasteiger partial charge on any atom is 0.246 e. The minimum Gasteiger partial charge on any atom is -1.00 e. The molecule has 0 aliphatic rings. The second kappa shape index (κ2) is 16.9. The summed E-state index contributed by atoms with van der Waals surface area (Å²) in [6.45, 7) is 10.9. The van der Waals surface area contributed by atoms with E-state index in [4.69, 9.17) is 4.74 Å². The van der Waals surface area contributed by atoms with Crippen molar-refractivity contribution in [2.75, 3.05) is 40.5 Å². The molecule has 0 spiro atoms. The highest BCUT2D eigenvalue weighted by atomic mass is 35.5. The highest BCUT2D eigenvalue weighted by molar-refractivity contribution is 5.91. The third-order valence-corrected chi connectivity index (χ3v) is 4.20.